The van der Waals surface area contributed by atoms with Crippen LogP contribution < -0.4 is 4.74 Å². The molecule has 2 nitrogen and oxygen atoms in total. The van der Waals surface area contributed by atoms with Crippen LogP contribution in [0.4, 0.5) is 0 Å². The van der Waals surface area contributed by atoms with E-state index in [-0.39, 0.29) is 5.12 Å². The van der Waals surface area contributed by atoms with Gasteiger partial charge >= 0.3 is 0 Å². The van der Waals surface area contributed by atoms with E-state index in [1.807, 2.05) is 18.2 Å². The Kier molecular flexibility index (Phi) is 7.62. The summed E-state index contributed by atoms with van der Waals surface area (Å²) in [5.74, 6) is 0.911. The molecule has 0 bridgehead atoms. The van der Waals surface area contributed by atoms with E-state index in [1.54, 1.807) is 0 Å². The van der Waals surface area contributed by atoms with Crippen LogP contribution in [0.15, 0.2) is 41.3 Å². The fourth-order valence-electron chi connectivity index (χ4n) is 2.59. The lowest BCUT2D eigenvalue weighted by atomic mass is 10.1. The molecule has 0 radical (unpaired) electrons. The van der Waals surface area contributed by atoms with Gasteiger partial charge in [0.2, 0.25) is 5.12 Å². The standard InChI is InChI=1S/C20H23IO2S/c1-4-15-9-10-18(14(3)11-15)23-13-17-16(5-2)7-6-8-19(17)24-20(22)12-21/h6-11H,4-5,12-13H2,1-3H3. The zero-order valence-corrected chi connectivity index (χ0v) is 17.4. The molecule has 0 atom stereocenters. The molecule has 0 saturated heterocycles. The molecule has 0 N–H and O–H groups in total. The van der Waals surface area contributed by atoms with Gasteiger partial charge in [0.1, 0.15) is 12.4 Å². The van der Waals surface area contributed by atoms with Crippen LogP contribution in [-0.4, -0.2) is 9.54 Å². The van der Waals surface area contributed by atoms with Gasteiger partial charge in [-0.25, -0.2) is 0 Å². The Balaban J connectivity index is 2.23. The van der Waals surface area contributed by atoms with E-state index in [2.05, 4.69) is 61.6 Å². The van der Waals surface area contributed by atoms with E-state index in [4.69, 9.17) is 4.74 Å². The molecule has 0 amide bonds. The highest BCUT2D eigenvalue weighted by molar-refractivity contribution is 14.1. The van der Waals surface area contributed by atoms with Crippen LogP contribution in [0.3, 0.4) is 0 Å². The maximum atomic E-state index is 11.8. The van der Waals surface area contributed by atoms with Crippen molar-refractivity contribution in [1.82, 2.24) is 0 Å². The Labute approximate surface area is 162 Å². The van der Waals surface area contributed by atoms with Crippen molar-refractivity contribution in [1.29, 1.82) is 0 Å². The molecule has 128 valence electrons. The van der Waals surface area contributed by atoms with Gasteiger partial charge in [-0.05, 0) is 48.6 Å². The molecular formula is C20H23IO2S. The topological polar surface area (TPSA) is 26.3 Å². The number of benzene rings is 2. The van der Waals surface area contributed by atoms with Gasteiger partial charge in [-0.15, -0.1) is 0 Å². The second-order valence-electron chi connectivity index (χ2n) is 5.60. The van der Waals surface area contributed by atoms with E-state index in [0.717, 1.165) is 34.6 Å². The van der Waals surface area contributed by atoms with E-state index < -0.39 is 0 Å². The quantitative estimate of drug-likeness (QED) is 0.303. The lowest BCUT2D eigenvalue weighted by Gasteiger charge is -2.15. The van der Waals surface area contributed by atoms with Gasteiger partial charge in [0.25, 0.3) is 0 Å². The summed E-state index contributed by atoms with van der Waals surface area (Å²) < 4.78 is 6.60. The van der Waals surface area contributed by atoms with Crippen LogP contribution in [0.2, 0.25) is 0 Å². The van der Waals surface area contributed by atoms with Crippen LogP contribution in [0, 0.1) is 6.92 Å². The van der Waals surface area contributed by atoms with Crippen molar-refractivity contribution in [2.45, 2.75) is 45.1 Å². The Morgan fingerprint density at radius 3 is 2.58 bits per heavy atom. The van der Waals surface area contributed by atoms with E-state index >= 15 is 0 Å². The number of ether oxygens (including phenoxy) is 1. The van der Waals surface area contributed by atoms with Crippen LogP contribution >= 0.6 is 34.4 Å². The number of carbonyl (C=O) groups is 1. The van der Waals surface area contributed by atoms with Gasteiger partial charge in [0.15, 0.2) is 0 Å². The molecule has 24 heavy (non-hydrogen) atoms. The Morgan fingerprint density at radius 2 is 1.96 bits per heavy atom. The van der Waals surface area contributed by atoms with Gasteiger partial charge in [-0.2, -0.15) is 0 Å². The molecule has 0 aliphatic rings. The maximum Gasteiger partial charge on any atom is 0.203 e. The van der Waals surface area contributed by atoms with Crippen molar-refractivity contribution in [3.8, 4) is 5.75 Å². The molecule has 0 heterocycles. The lowest BCUT2D eigenvalue weighted by molar-refractivity contribution is -0.108. The average molecular weight is 454 g/mol. The largest absolute Gasteiger partial charge is 0.489 e. The number of halogens is 1. The van der Waals surface area contributed by atoms with Crippen molar-refractivity contribution >= 4 is 39.5 Å². The minimum Gasteiger partial charge on any atom is -0.489 e. The summed E-state index contributed by atoms with van der Waals surface area (Å²) in [5, 5.41) is 0.175. The molecule has 0 saturated carbocycles. The molecule has 0 aromatic heterocycles. The number of rotatable bonds is 7. The number of thioether (sulfide) groups is 1. The molecule has 0 aliphatic carbocycles. The molecule has 2 aromatic rings. The summed E-state index contributed by atoms with van der Waals surface area (Å²) in [6, 6.07) is 12.5. The van der Waals surface area contributed by atoms with E-state index in [9.17, 15) is 4.79 Å². The second kappa shape index (κ2) is 9.47. The number of alkyl halides is 1. The number of carbonyl (C=O) groups excluding carboxylic acids is 1. The van der Waals surface area contributed by atoms with Crippen molar-refractivity contribution in [3.05, 3.63) is 58.7 Å². The maximum absolute atomic E-state index is 11.8. The molecule has 0 fully saturated rings. The summed E-state index contributed by atoms with van der Waals surface area (Å²) in [6.45, 7) is 6.86. The highest BCUT2D eigenvalue weighted by atomic mass is 127. The zero-order valence-electron chi connectivity index (χ0n) is 14.4. The minimum absolute atomic E-state index is 0.175. The van der Waals surface area contributed by atoms with E-state index in [0.29, 0.717) is 11.0 Å². The SMILES string of the molecule is CCc1ccc(OCc2c(CC)cccc2SC(=O)CI)c(C)c1. The first-order valence-electron chi connectivity index (χ1n) is 8.18. The average Bonchev–Trinajstić information content (AvgIpc) is 2.60. The third kappa shape index (κ3) is 4.99. The summed E-state index contributed by atoms with van der Waals surface area (Å²) in [7, 11) is 0. The third-order valence-electron chi connectivity index (χ3n) is 3.96. The molecular weight excluding hydrogens is 431 g/mol. The van der Waals surface area contributed by atoms with Gasteiger partial charge in [0.05, 0.1) is 4.43 Å². The number of aryl methyl sites for hydroxylation is 3. The molecule has 2 aromatic carbocycles. The van der Waals surface area contributed by atoms with E-state index in [1.165, 1.54) is 22.9 Å². The van der Waals surface area contributed by atoms with Crippen LogP contribution in [0.5, 0.6) is 5.75 Å². The van der Waals surface area contributed by atoms with Crippen LogP contribution in [0.25, 0.3) is 0 Å². The van der Waals surface area contributed by atoms with Gasteiger partial charge in [-0.1, -0.05) is 72.5 Å². The van der Waals surface area contributed by atoms with Gasteiger partial charge in [0, 0.05) is 10.5 Å². The van der Waals surface area contributed by atoms with Crippen molar-refractivity contribution in [2.24, 2.45) is 0 Å². The molecule has 0 unspecified atom stereocenters. The predicted octanol–water partition coefficient (Wildman–Crippen LogP) is 5.75. The van der Waals surface area contributed by atoms with Gasteiger partial charge < -0.3 is 4.74 Å². The number of hydrogen-bond acceptors (Lipinski definition) is 3. The molecule has 0 aliphatic heterocycles. The lowest BCUT2D eigenvalue weighted by Crippen LogP contribution is -2.04. The first-order chi connectivity index (χ1) is 11.6. The summed E-state index contributed by atoms with van der Waals surface area (Å²) >= 11 is 3.43. The predicted molar refractivity (Wildman–Crippen MR) is 110 cm³/mol. The molecule has 2 rings (SSSR count). The second-order valence-corrected chi connectivity index (χ2v) is 7.46. The summed E-state index contributed by atoms with van der Waals surface area (Å²) in [5.41, 5.74) is 4.84. The Hall–Kier alpha value is -1.01. The van der Waals surface area contributed by atoms with Gasteiger partial charge in [-0.3, -0.25) is 4.79 Å². The first kappa shape index (κ1) is 19.3. The van der Waals surface area contributed by atoms with Crippen LogP contribution in [0.1, 0.15) is 36.1 Å². The van der Waals surface area contributed by atoms with Crippen molar-refractivity contribution in [2.75, 3.05) is 4.43 Å². The fraction of sp³-hybridized carbons (Fsp3) is 0.350. The normalized spacial score (nSPS) is 10.7. The summed E-state index contributed by atoms with van der Waals surface area (Å²) in [4.78, 5) is 12.9. The third-order valence-corrected chi connectivity index (χ3v) is 6.15. The Bertz CT molecular complexity index is 713. The highest BCUT2D eigenvalue weighted by Crippen LogP contribution is 2.29. The molecule has 0 spiro atoms. The first-order valence-corrected chi connectivity index (χ1v) is 10.5. The molecule has 4 heteroatoms. The van der Waals surface area contributed by atoms with Crippen molar-refractivity contribution < 1.29 is 9.53 Å². The number of hydrogen-bond donors (Lipinski definition) is 0. The zero-order chi connectivity index (χ0) is 17.5. The summed E-state index contributed by atoms with van der Waals surface area (Å²) in [6.07, 6.45) is 1.96. The van der Waals surface area contributed by atoms with Crippen molar-refractivity contribution in [3.63, 3.8) is 0 Å². The fourth-order valence-corrected chi connectivity index (χ4v) is 3.82. The van der Waals surface area contributed by atoms with Crippen LogP contribution in [-0.2, 0) is 24.2 Å². The smallest absolute Gasteiger partial charge is 0.203 e. The highest BCUT2D eigenvalue weighted by Gasteiger charge is 2.13. The minimum atomic E-state index is 0.175. The Morgan fingerprint density at radius 1 is 1.17 bits per heavy atom. The monoisotopic (exact) mass is 454 g/mol.